The molecule has 7 nitrogen and oxygen atoms in total. The monoisotopic (exact) mass is 503 g/mol. The standard InChI is InChI=1S/C23H22ClN3O4S2/c1-4-30-21(28)19-15(3)26(17-9-7-6-8-10-17)23(32-19)27(18-13-11-16(24)12-14-18)25-20(33-23)22(29)31-5-2/h6-14H,4-5H2,1-3H3. The van der Waals surface area contributed by atoms with E-state index < -0.39 is 16.3 Å². The fraction of sp³-hybridized carbons (Fsp3) is 0.261. The molecule has 1 spiro atoms. The molecule has 0 radical (unpaired) electrons. The Morgan fingerprint density at radius 1 is 0.939 bits per heavy atom. The quantitative estimate of drug-likeness (QED) is 0.483. The van der Waals surface area contributed by atoms with E-state index in [4.69, 9.17) is 21.1 Å². The lowest BCUT2D eigenvalue weighted by Gasteiger charge is -2.41. The van der Waals surface area contributed by atoms with Gasteiger partial charge in [-0.25, -0.2) is 14.6 Å². The first-order valence-electron chi connectivity index (χ1n) is 10.3. The highest BCUT2D eigenvalue weighted by Crippen LogP contribution is 2.60. The van der Waals surface area contributed by atoms with Crippen LogP contribution < -0.4 is 9.91 Å². The number of benzene rings is 2. The van der Waals surface area contributed by atoms with E-state index in [-0.39, 0.29) is 18.3 Å². The van der Waals surface area contributed by atoms with Gasteiger partial charge < -0.3 is 14.4 Å². The number of hydrogen-bond donors (Lipinski definition) is 0. The predicted octanol–water partition coefficient (Wildman–Crippen LogP) is 5.43. The molecule has 2 aliphatic rings. The van der Waals surface area contributed by atoms with Crippen LogP contribution in [0.3, 0.4) is 0 Å². The molecule has 0 fully saturated rings. The largest absolute Gasteiger partial charge is 0.462 e. The van der Waals surface area contributed by atoms with E-state index in [0.717, 1.165) is 5.69 Å². The molecule has 1 unspecified atom stereocenters. The number of thioether (sulfide) groups is 2. The van der Waals surface area contributed by atoms with E-state index in [1.165, 1.54) is 23.5 Å². The molecular weight excluding hydrogens is 482 g/mol. The molecule has 0 N–H and O–H groups in total. The van der Waals surface area contributed by atoms with Crippen LogP contribution in [-0.2, 0) is 19.1 Å². The molecule has 0 aromatic heterocycles. The van der Waals surface area contributed by atoms with Gasteiger partial charge in [-0.05, 0) is 68.9 Å². The maximum atomic E-state index is 12.9. The number of ether oxygens (including phenoxy) is 2. The lowest BCUT2D eigenvalue weighted by atomic mass is 10.2. The van der Waals surface area contributed by atoms with E-state index in [2.05, 4.69) is 5.10 Å². The summed E-state index contributed by atoms with van der Waals surface area (Å²) in [6.45, 7) is 5.87. The van der Waals surface area contributed by atoms with Crippen LogP contribution in [0.4, 0.5) is 11.4 Å². The molecular formula is C23H22ClN3O4S2. The summed E-state index contributed by atoms with van der Waals surface area (Å²) in [5, 5.41) is 7.15. The minimum atomic E-state index is -1.02. The Hall–Kier alpha value is -2.62. The molecule has 2 aromatic carbocycles. The molecule has 2 aromatic rings. The van der Waals surface area contributed by atoms with Gasteiger partial charge in [0.25, 0.3) is 0 Å². The Bertz CT molecular complexity index is 1120. The van der Waals surface area contributed by atoms with Crippen molar-refractivity contribution in [2.75, 3.05) is 23.1 Å². The lowest BCUT2D eigenvalue weighted by molar-refractivity contribution is -0.137. The minimum absolute atomic E-state index is 0.193. The number of hydrogen-bond acceptors (Lipinski definition) is 9. The van der Waals surface area contributed by atoms with Gasteiger partial charge >= 0.3 is 11.9 Å². The smallest absolute Gasteiger partial charge is 0.365 e. The van der Waals surface area contributed by atoms with Crippen LogP contribution in [-0.4, -0.2) is 34.5 Å². The van der Waals surface area contributed by atoms with Crippen LogP contribution in [0, 0.1) is 0 Å². The first-order chi connectivity index (χ1) is 15.9. The SMILES string of the molecule is CCOC(=O)C1=NN(c2ccc(Cl)cc2)C2(S1)SC(C(=O)OCC)=C(C)N2c1ccccc1. The van der Waals surface area contributed by atoms with Crippen LogP contribution in [0.2, 0.25) is 5.02 Å². The average molecular weight is 504 g/mol. The number of nitrogens with zero attached hydrogens (tertiary/aromatic N) is 3. The Balaban J connectivity index is 1.87. The predicted molar refractivity (Wildman–Crippen MR) is 134 cm³/mol. The summed E-state index contributed by atoms with van der Waals surface area (Å²) in [7, 11) is 0. The number of halogens is 1. The summed E-state index contributed by atoms with van der Waals surface area (Å²) < 4.78 is 9.55. The molecule has 0 saturated heterocycles. The molecule has 2 aliphatic heterocycles. The number of para-hydroxylation sites is 1. The van der Waals surface area contributed by atoms with Crippen molar-refractivity contribution in [3.8, 4) is 0 Å². The van der Waals surface area contributed by atoms with E-state index in [1.807, 2.05) is 54.3 Å². The van der Waals surface area contributed by atoms with Crippen LogP contribution in [0.5, 0.6) is 0 Å². The molecule has 0 saturated carbocycles. The first kappa shape index (κ1) is 23.5. The van der Waals surface area contributed by atoms with Gasteiger partial charge in [0, 0.05) is 16.4 Å². The summed E-state index contributed by atoms with van der Waals surface area (Å²) in [5.41, 5.74) is 2.25. The Labute approximate surface area is 205 Å². The van der Waals surface area contributed by atoms with E-state index in [0.29, 0.717) is 21.3 Å². The van der Waals surface area contributed by atoms with Gasteiger partial charge in [0.2, 0.25) is 9.37 Å². The van der Waals surface area contributed by atoms with Gasteiger partial charge in [0.1, 0.15) is 4.91 Å². The van der Waals surface area contributed by atoms with Crippen LogP contribution in [0.15, 0.2) is 70.3 Å². The summed E-state index contributed by atoms with van der Waals surface area (Å²) in [6.07, 6.45) is 0. The van der Waals surface area contributed by atoms with Crippen molar-refractivity contribution in [3.05, 3.63) is 70.2 Å². The van der Waals surface area contributed by atoms with Crippen molar-refractivity contribution in [1.29, 1.82) is 0 Å². The fourth-order valence-corrected chi connectivity index (χ4v) is 6.59. The van der Waals surface area contributed by atoms with E-state index in [1.54, 1.807) is 31.0 Å². The Morgan fingerprint density at radius 3 is 2.21 bits per heavy atom. The lowest BCUT2D eigenvalue weighted by Crippen LogP contribution is -2.49. The molecule has 33 heavy (non-hydrogen) atoms. The van der Waals surface area contributed by atoms with Gasteiger partial charge in [0.05, 0.1) is 18.9 Å². The third kappa shape index (κ3) is 4.32. The molecule has 172 valence electrons. The normalized spacial score (nSPS) is 19.8. The second kappa shape index (κ2) is 9.70. The van der Waals surface area contributed by atoms with Crippen molar-refractivity contribution >= 4 is 63.5 Å². The van der Waals surface area contributed by atoms with Gasteiger partial charge in [-0.15, -0.1) is 0 Å². The molecule has 10 heteroatoms. The second-order valence-electron chi connectivity index (χ2n) is 6.97. The summed E-state index contributed by atoms with van der Waals surface area (Å²) in [6, 6.07) is 16.8. The Morgan fingerprint density at radius 2 is 1.58 bits per heavy atom. The molecule has 2 heterocycles. The topological polar surface area (TPSA) is 71.4 Å². The van der Waals surface area contributed by atoms with Crippen molar-refractivity contribution in [2.24, 2.45) is 5.10 Å². The number of carbonyl (C=O) groups is 2. The molecule has 0 bridgehead atoms. The second-order valence-corrected chi connectivity index (χ2v) is 10.0. The number of allylic oxidation sites excluding steroid dienone is 1. The van der Waals surface area contributed by atoms with Gasteiger partial charge in [-0.2, -0.15) is 5.10 Å². The van der Waals surface area contributed by atoms with Gasteiger partial charge in [-0.3, -0.25) is 0 Å². The van der Waals surface area contributed by atoms with Crippen LogP contribution >= 0.6 is 35.1 Å². The number of rotatable bonds is 6. The minimum Gasteiger partial charge on any atom is -0.462 e. The van der Waals surface area contributed by atoms with E-state index >= 15 is 0 Å². The molecule has 4 rings (SSSR count). The summed E-state index contributed by atoms with van der Waals surface area (Å²) in [4.78, 5) is 28.0. The first-order valence-corrected chi connectivity index (χ1v) is 12.3. The zero-order valence-corrected chi connectivity index (χ0v) is 20.7. The maximum absolute atomic E-state index is 12.9. The van der Waals surface area contributed by atoms with Gasteiger partial charge in [0.15, 0.2) is 0 Å². The van der Waals surface area contributed by atoms with Crippen molar-refractivity contribution < 1.29 is 19.1 Å². The maximum Gasteiger partial charge on any atom is 0.365 e. The highest BCUT2D eigenvalue weighted by molar-refractivity contribution is 8.29. The van der Waals surface area contributed by atoms with Crippen LogP contribution in [0.1, 0.15) is 20.8 Å². The van der Waals surface area contributed by atoms with Crippen LogP contribution in [0.25, 0.3) is 0 Å². The van der Waals surface area contributed by atoms with Crippen molar-refractivity contribution in [2.45, 2.75) is 25.1 Å². The third-order valence-electron chi connectivity index (χ3n) is 4.87. The zero-order chi connectivity index (χ0) is 23.6. The number of carbonyl (C=O) groups excluding carboxylic acids is 2. The van der Waals surface area contributed by atoms with Crippen molar-refractivity contribution in [3.63, 3.8) is 0 Å². The summed E-state index contributed by atoms with van der Waals surface area (Å²) in [5.74, 6) is -0.937. The van der Waals surface area contributed by atoms with Gasteiger partial charge in [-0.1, -0.05) is 41.6 Å². The molecule has 0 amide bonds. The Kier molecular flexibility index (Phi) is 6.92. The number of anilines is 2. The van der Waals surface area contributed by atoms with Crippen molar-refractivity contribution in [1.82, 2.24) is 0 Å². The fourth-order valence-electron chi connectivity index (χ4n) is 3.51. The number of hydrazone groups is 1. The molecule has 0 aliphatic carbocycles. The highest BCUT2D eigenvalue weighted by Gasteiger charge is 2.58. The van der Waals surface area contributed by atoms with E-state index in [9.17, 15) is 9.59 Å². The highest BCUT2D eigenvalue weighted by atomic mass is 35.5. The third-order valence-corrected chi connectivity index (χ3v) is 7.97. The number of esters is 2. The molecule has 1 atom stereocenters. The summed E-state index contributed by atoms with van der Waals surface area (Å²) >= 11 is 8.64. The average Bonchev–Trinajstić information content (AvgIpc) is 3.33. The zero-order valence-electron chi connectivity index (χ0n) is 18.3.